The molecule has 90 valence electrons. The first-order chi connectivity index (χ1) is 7.29. The van der Waals surface area contributed by atoms with Gasteiger partial charge in [-0.25, -0.2) is 13.8 Å². The Morgan fingerprint density at radius 2 is 1.94 bits per heavy atom. The van der Waals surface area contributed by atoms with E-state index in [9.17, 15) is 22.0 Å². The standard InChI is InChI=1S/C8H6ClF5N2/c9-6-4(7(10)11)5(8(12,13)14)3(1-15)2-16-6/h2,7H,1,15H2. The summed E-state index contributed by atoms with van der Waals surface area (Å²) in [6.07, 6.45) is -7.55. The summed E-state index contributed by atoms with van der Waals surface area (Å²) in [6.45, 7) is -0.543. The van der Waals surface area contributed by atoms with E-state index in [0.29, 0.717) is 0 Å². The zero-order chi connectivity index (χ0) is 12.5. The highest BCUT2D eigenvalue weighted by molar-refractivity contribution is 6.30. The van der Waals surface area contributed by atoms with Crippen molar-refractivity contribution in [1.29, 1.82) is 0 Å². The molecule has 2 nitrogen and oxygen atoms in total. The van der Waals surface area contributed by atoms with Gasteiger partial charge >= 0.3 is 6.18 Å². The van der Waals surface area contributed by atoms with E-state index < -0.39 is 41.0 Å². The van der Waals surface area contributed by atoms with Gasteiger partial charge in [-0.1, -0.05) is 11.6 Å². The molecule has 1 heterocycles. The SMILES string of the molecule is NCc1cnc(Cl)c(C(F)F)c1C(F)(F)F. The molecule has 0 unspecified atom stereocenters. The van der Waals surface area contributed by atoms with Crippen LogP contribution in [0, 0.1) is 0 Å². The fraction of sp³-hybridized carbons (Fsp3) is 0.375. The molecule has 0 radical (unpaired) electrons. The van der Waals surface area contributed by atoms with Crippen LogP contribution in [-0.4, -0.2) is 4.98 Å². The van der Waals surface area contributed by atoms with Gasteiger partial charge < -0.3 is 5.73 Å². The maximum Gasteiger partial charge on any atom is 0.417 e. The number of pyridine rings is 1. The Bertz CT molecular complexity index is 391. The minimum atomic E-state index is -4.94. The Labute approximate surface area is 92.2 Å². The van der Waals surface area contributed by atoms with E-state index in [4.69, 9.17) is 17.3 Å². The number of hydrogen-bond donors (Lipinski definition) is 1. The van der Waals surface area contributed by atoms with Crippen LogP contribution >= 0.6 is 11.6 Å². The summed E-state index contributed by atoms with van der Waals surface area (Å²) in [5.41, 5.74) is 1.71. The Kier molecular flexibility index (Phi) is 3.69. The first-order valence-corrected chi connectivity index (χ1v) is 4.39. The van der Waals surface area contributed by atoms with Crippen LogP contribution in [0.5, 0.6) is 0 Å². The average molecular weight is 261 g/mol. The van der Waals surface area contributed by atoms with Gasteiger partial charge in [-0.2, -0.15) is 13.2 Å². The van der Waals surface area contributed by atoms with Gasteiger partial charge in [-0.15, -0.1) is 0 Å². The van der Waals surface area contributed by atoms with Crippen molar-refractivity contribution in [2.75, 3.05) is 0 Å². The Hall–Kier alpha value is -0.950. The fourth-order valence-corrected chi connectivity index (χ4v) is 1.46. The largest absolute Gasteiger partial charge is 0.417 e. The molecule has 0 atom stereocenters. The number of nitrogens with zero attached hydrogens (tertiary/aromatic N) is 1. The molecule has 0 saturated heterocycles. The minimum Gasteiger partial charge on any atom is -0.326 e. The van der Waals surface area contributed by atoms with E-state index in [0.717, 1.165) is 6.20 Å². The predicted octanol–water partition coefficient (Wildman–Crippen LogP) is 3.15. The highest BCUT2D eigenvalue weighted by Gasteiger charge is 2.39. The third-order valence-corrected chi connectivity index (χ3v) is 2.17. The van der Waals surface area contributed by atoms with Gasteiger partial charge in [0.15, 0.2) is 0 Å². The van der Waals surface area contributed by atoms with Crippen molar-refractivity contribution < 1.29 is 22.0 Å². The van der Waals surface area contributed by atoms with Gasteiger partial charge in [0.1, 0.15) is 5.15 Å². The van der Waals surface area contributed by atoms with Crippen molar-refractivity contribution in [2.24, 2.45) is 5.73 Å². The first kappa shape index (κ1) is 13.1. The summed E-state index contributed by atoms with van der Waals surface area (Å²) in [4.78, 5) is 3.25. The second-order valence-electron chi connectivity index (χ2n) is 2.87. The number of halogens is 6. The monoisotopic (exact) mass is 260 g/mol. The lowest BCUT2D eigenvalue weighted by Gasteiger charge is -2.16. The zero-order valence-electron chi connectivity index (χ0n) is 7.65. The third-order valence-electron chi connectivity index (χ3n) is 1.87. The smallest absolute Gasteiger partial charge is 0.326 e. The molecule has 1 aromatic rings. The minimum absolute atomic E-state index is 0.507. The Morgan fingerprint density at radius 3 is 2.31 bits per heavy atom. The van der Waals surface area contributed by atoms with Crippen LogP contribution < -0.4 is 5.73 Å². The van der Waals surface area contributed by atoms with Gasteiger partial charge in [-0.05, 0) is 5.56 Å². The number of nitrogens with two attached hydrogens (primary N) is 1. The molecule has 0 aliphatic rings. The van der Waals surface area contributed by atoms with Crippen LogP contribution in [0.25, 0.3) is 0 Å². The number of rotatable bonds is 2. The molecule has 8 heteroatoms. The molecule has 0 spiro atoms. The van der Waals surface area contributed by atoms with E-state index in [2.05, 4.69) is 4.98 Å². The molecule has 1 aromatic heterocycles. The molecule has 2 N–H and O–H groups in total. The lowest BCUT2D eigenvalue weighted by molar-refractivity contribution is -0.140. The maximum atomic E-state index is 12.6. The summed E-state index contributed by atoms with van der Waals surface area (Å²) < 4.78 is 62.6. The Balaban J connectivity index is 3.56. The van der Waals surface area contributed by atoms with E-state index in [1.54, 1.807) is 0 Å². The van der Waals surface area contributed by atoms with Crippen LogP contribution in [-0.2, 0) is 12.7 Å². The van der Waals surface area contributed by atoms with Gasteiger partial charge in [0.05, 0.1) is 11.1 Å². The van der Waals surface area contributed by atoms with Gasteiger partial charge in [-0.3, -0.25) is 0 Å². The highest BCUT2D eigenvalue weighted by atomic mass is 35.5. The van der Waals surface area contributed by atoms with Crippen LogP contribution in [0.2, 0.25) is 5.15 Å². The van der Waals surface area contributed by atoms with Crippen molar-refractivity contribution in [2.45, 2.75) is 19.1 Å². The van der Waals surface area contributed by atoms with Gasteiger partial charge in [0.25, 0.3) is 6.43 Å². The fourth-order valence-electron chi connectivity index (χ4n) is 1.23. The second kappa shape index (κ2) is 4.50. The molecule has 0 amide bonds. The highest BCUT2D eigenvalue weighted by Crippen LogP contribution is 2.40. The lowest BCUT2D eigenvalue weighted by Crippen LogP contribution is -2.16. The van der Waals surface area contributed by atoms with Crippen molar-refractivity contribution in [3.05, 3.63) is 28.0 Å². The quantitative estimate of drug-likeness (QED) is 0.655. The van der Waals surface area contributed by atoms with Crippen molar-refractivity contribution in [3.8, 4) is 0 Å². The molecule has 0 bridgehead atoms. The molecule has 16 heavy (non-hydrogen) atoms. The summed E-state index contributed by atoms with van der Waals surface area (Å²) in [5.74, 6) is 0. The van der Waals surface area contributed by atoms with Crippen molar-refractivity contribution in [1.82, 2.24) is 4.98 Å². The lowest BCUT2D eigenvalue weighted by atomic mass is 10.0. The number of hydrogen-bond acceptors (Lipinski definition) is 2. The first-order valence-electron chi connectivity index (χ1n) is 4.01. The molecule has 0 aromatic carbocycles. The summed E-state index contributed by atoms with van der Waals surface area (Å²) >= 11 is 5.23. The number of aromatic nitrogens is 1. The number of alkyl halides is 5. The van der Waals surface area contributed by atoms with Gasteiger partial charge in [0.2, 0.25) is 0 Å². The van der Waals surface area contributed by atoms with E-state index in [1.807, 2.05) is 0 Å². The van der Waals surface area contributed by atoms with E-state index in [-0.39, 0.29) is 0 Å². The van der Waals surface area contributed by atoms with Gasteiger partial charge in [0, 0.05) is 12.7 Å². The third kappa shape index (κ3) is 2.41. The molecule has 1 rings (SSSR count). The molecular formula is C8H6ClF5N2. The van der Waals surface area contributed by atoms with E-state index in [1.165, 1.54) is 0 Å². The Morgan fingerprint density at radius 1 is 1.38 bits per heavy atom. The summed E-state index contributed by atoms with van der Waals surface area (Å²) in [7, 11) is 0. The zero-order valence-corrected chi connectivity index (χ0v) is 8.41. The van der Waals surface area contributed by atoms with Crippen LogP contribution in [0.1, 0.15) is 23.1 Å². The molecule has 0 aliphatic carbocycles. The molecule has 0 aliphatic heterocycles. The molecule has 0 fully saturated rings. The molecular weight excluding hydrogens is 255 g/mol. The normalized spacial score (nSPS) is 12.2. The second-order valence-corrected chi connectivity index (χ2v) is 3.22. The molecule has 0 saturated carbocycles. The summed E-state index contributed by atoms with van der Waals surface area (Å²) in [6, 6.07) is 0. The van der Waals surface area contributed by atoms with Crippen LogP contribution in [0.3, 0.4) is 0 Å². The van der Waals surface area contributed by atoms with Crippen LogP contribution in [0.4, 0.5) is 22.0 Å². The van der Waals surface area contributed by atoms with Crippen LogP contribution in [0.15, 0.2) is 6.20 Å². The predicted molar refractivity (Wildman–Crippen MR) is 47.1 cm³/mol. The van der Waals surface area contributed by atoms with Crippen molar-refractivity contribution in [3.63, 3.8) is 0 Å². The maximum absolute atomic E-state index is 12.6. The average Bonchev–Trinajstić information content (AvgIpc) is 2.15. The summed E-state index contributed by atoms with van der Waals surface area (Å²) in [5, 5.41) is -0.862. The topological polar surface area (TPSA) is 38.9 Å². The van der Waals surface area contributed by atoms with E-state index >= 15 is 0 Å². The van der Waals surface area contributed by atoms with Crippen molar-refractivity contribution >= 4 is 11.6 Å².